The van der Waals surface area contributed by atoms with Crippen LogP contribution in [0.5, 0.6) is 0 Å². The number of imidazole rings is 1. The van der Waals surface area contributed by atoms with E-state index in [0.29, 0.717) is 28.9 Å². The van der Waals surface area contributed by atoms with Gasteiger partial charge in [0.15, 0.2) is 0 Å². The van der Waals surface area contributed by atoms with E-state index in [2.05, 4.69) is 35.5 Å². The second-order valence-electron chi connectivity index (χ2n) is 8.68. The smallest absolute Gasteiger partial charge is 0.372 e. The van der Waals surface area contributed by atoms with Gasteiger partial charge in [-0.05, 0) is 44.2 Å². The number of aromatic nitrogens is 4. The van der Waals surface area contributed by atoms with Crippen molar-refractivity contribution < 1.29 is 22.3 Å². The molecule has 3 N–H and O–H groups in total. The summed E-state index contributed by atoms with van der Waals surface area (Å²) in [5, 5.41) is 5.86. The molecule has 12 heteroatoms. The number of benzene rings is 1. The molecule has 1 fully saturated rings. The number of ether oxygens (including phenoxy) is 1. The molecular weight excluding hydrogens is 478 g/mol. The summed E-state index contributed by atoms with van der Waals surface area (Å²) >= 11 is 0. The van der Waals surface area contributed by atoms with E-state index in [4.69, 9.17) is 4.74 Å². The SMILES string of the molecule is C[C@@H]1CN(c2ccc(Nc3nc4cc(Nc5ccc(F)c(C(F)(F)F)c5)ncc4[nH]3)nc2)C[C@H](C)O1. The van der Waals surface area contributed by atoms with Gasteiger partial charge in [0.1, 0.15) is 17.5 Å². The summed E-state index contributed by atoms with van der Waals surface area (Å²) in [5.74, 6) is -0.0599. The predicted octanol–water partition coefficient (Wildman–Crippen LogP) is 5.61. The number of fused-ring (bicyclic) bond motifs is 1. The summed E-state index contributed by atoms with van der Waals surface area (Å²) in [6.07, 6.45) is -1.22. The molecule has 8 nitrogen and oxygen atoms in total. The third-order valence-electron chi connectivity index (χ3n) is 5.69. The Labute approximate surface area is 203 Å². The highest BCUT2D eigenvalue weighted by molar-refractivity contribution is 5.80. The minimum Gasteiger partial charge on any atom is -0.372 e. The number of halogens is 4. The molecule has 0 unspecified atom stereocenters. The van der Waals surface area contributed by atoms with E-state index in [-0.39, 0.29) is 23.7 Å². The van der Waals surface area contributed by atoms with E-state index in [1.54, 1.807) is 12.3 Å². The predicted molar refractivity (Wildman–Crippen MR) is 128 cm³/mol. The Morgan fingerprint density at radius 3 is 2.42 bits per heavy atom. The molecule has 188 valence electrons. The van der Waals surface area contributed by atoms with Crippen LogP contribution in [-0.4, -0.2) is 45.2 Å². The maximum absolute atomic E-state index is 13.5. The van der Waals surface area contributed by atoms with Crippen LogP contribution in [0.3, 0.4) is 0 Å². The van der Waals surface area contributed by atoms with Crippen molar-refractivity contribution in [2.45, 2.75) is 32.2 Å². The highest BCUT2D eigenvalue weighted by Gasteiger charge is 2.34. The summed E-state index contributed by atoms with van der Waals surface area (Å²) in [5.41, 5.74) is 0.850. The van der Waals surface area contributed by atoms with Crippen LogP contribution in [0.4, 0.5) is 46.5 Å². The lowest BCUT2D eigenvalue weighted by Gasteiger charge is -2.36. The quantitative estimate of drug-likeness (QED) is 0.306. The molecule has 0 saturated carbocycles. The highest BCUT2D eigenvalue weighted by Crippen LogP contribution is 2.33. The van der Waals surface area contributed by atoms with Gasteiger partial charge < -0.3 is 25.3 Å². The molecule has 5 rings (SSSR count). The molecule has 0 spiro atoms. The highest BCUT2D eigenvalue weighted by atomic mass is 19.4. The Kier molecular flexibility index (Phi) is 6.12. The number of nitrogens with zero attached hydrogens (tertiary/aromatic N) is 4. The van der Waals surface area contributed by atoms with Gasteiger partial charge in [-0.15, -0.1) is 0 Å². The lowest BCUT2D eigenvalue weighted by Crippen LogP contribution is -2.45. The van der Waals surface area contributed by atoms with Gasteiger partial charge in [-0.25, -0.2) is 19.3 Å². The molecule has 0 radical (unpaired) electrons. The third kappa shape index (κ3) is 5.18. The zero-order chi connectivity index (χ0) is 25.4. The van der Waals surface area contributed by atoms with Crippen LogP contribution in [0.15, 0.2) is 48.8 Å². The first kappa shape index (κ1) is 23.8. The number of rotatable bonds is 5. The minimum absolute atomic E-state index is 0.0535. The molecule has 1 aromatic carbocycles. The van der Waals surface area contributed by atoms with Crippen molar-refractivity contribution in [3.63, 3.8) is 0 Å². The zero-order valence-corrected chi connectivity index (χ0v) is 19.4. The standard InChI is InChI=1S/C24H23F4N7O/c1-13-11-35(12-14(2)36-13)16-4-6-21(29-9-16)34-23-32-19-8-22(30-10-20(19)33-23)31-15-3-5-18(25)17(7-15)24(26,27)28/h3-10,13-14H,11-12H2,1-2H3,(H,30,31)(H2,29,32,33,34)/t13-,14+. The topological polar surface area (TPSA) is 91.0 Å². The van der Waals surface area contributed by atoms with Gasteiger partial charge in [-0.2, -0.15) is 13.2 Å². The first-order chi connectivity index (χ1) is 17.1. The van der Waals surface area contributed by atoms with Crippen molar-refractivity contribution in [3.05, 3.63) is 60.2 Å². The Balaban J connectivity index is 1.29. The third-order valence-corrected chi connectivity index (χ3v) is 5.69. The molecule has 1 saturated heterocycles. The molecular formula is C24H23F4N7O. The van der Waals surface area contributed by atoms with Crippen LogP contribution in [0.2, 0.25) is 0 Å². The van der Waals surface area contributed by atoms with Gasteiger partial charge in [-0.3, -0.25) is 0 Å². The van der Waals surface area contributed by atoms with E-state index in [1.807, 2.05) is 26.0 Å². The molecule has 3 aromatic heterocycles. The van der Waals surface area contributed by atoms with E-state index in [0.717, 1.165) is 24.8 Å². The van der Waals surface area contributed by atoms with Crippen LogP contribution in [-0.2, 0) is 10.9 Å². The summed E-state index contributed by atoms with van der Waals surface area (Å²) < 4.78 is 58.3. The van der Waals surface area contributed by atoms with E-state index < -0.39 is 17.6 Å². The molecule has 1 aliphatic heterocycles. The summed E-state index contributed by atoms with van der Waals surface area (Å²) in [4.78, 5) is 18.4. The number of aromatic amines is 1. The number of anilines is 5. The number of nitrogens with one attached hydrogen (secondary N) is 3. The number of H-pyrrole nitrogens is 1. The van der Waals surface area contributed by atoms with Crippen LogP contribution in [0.25, 0.3) is 11.0 Å². The Morgan fingerprint density at radius 1 is 0.972 bits per heavy atom. The molecule has 36 heavy (non-hydrogen) atoms. The van der Waals surface area contributed by atoms with Crippen molar-refractivity contribution in [1.29, 1.82) is 0 Å². The number of pyridine rings is 2. The molecule has 0 aliphatic carbocycles. The van der Waals surface area contributed by atoms with Crippen molar-refractivity contribution >= 4 is 40.0 Å². The van der Waals surface area contributed by atoms with Gasteiger partial charge in [0.2, 0.25) is 5.95 Å². The van der Waals surface area contributed by atoms with Crippen molar-refractivity contribution in [3.8, 4) is 0 Å². The van der Waals surface area contributed by atoms with Gasteiger partial charge in [0.05, 0.1) is 46.9 Å². The molecule has 0 bridgehead atoms. The number of hydrogen-bond donors (Lipinski definition) is 3. The van der Waals surface area contributed by atoms with Crippen LogP contribution in [0.1, 0.15) is 19.4 Å². The lowest BCUT2D eigenvalue weighted by atomic mass is 10.2. The van der Waals surface area contributed by atoms with Gasteiger partial charge in [0.25, 0.3) is 0 Å². The monoisotopic (exact) mass is 501 g/mol. The molecule has 4 heterocycles. The van der Waals surface area contributed by atoms with Gasteiger partial charge in [-0.1, -0.05) is 0 Å². The average molecular weight is 501 g/mol. The normalized spacial score (nSPS) is 18.4. The minimum atomic E-state index is -4.80. The Hall–Kier alpha value is -3.93. The number of hydrogen-bond acceptors (Lipinski definition) is 7. The first-order valence-electron chi connectivity index (χ1n) is 11.3. The van der Waals surface area contributed by atoms with Crippen LogP contribution < -0.4 is 15.5 Å². The summed E-state index contributed by atoms with van der Waals surface area (Å²) in [6.45, 7) is 5.67. The second-order valence-corrected chi connectivity index (χ2v) is 8.68. The average Bonchev–Trinajstić information content (AvgIpc) is 3.21. The fourth-order valence-corrected chi connectivity index (χ4v) is 4.16. The van der Waals surface area contributed by atoms with Crippen molar-refractivity contribution in [1.82, 2.24) is 19.9 Å². The van der Waals surface area contributed by atoms with E-state index in [1.165, 1.54) is 12.3 Å². The summed E-state index contributed by atoms with van der Waals surface area (Å²) in [7, 11) is 0. The lowest BCUT2D eigenvalue weighted by molar-refractivity contribution is -0.139. The molecule has 4 aromatic rings. The van der Waals surface area contributed by atoms with Gasteiger partial charge >= 0.3 is 6.18 Å². The Bertz CT molecular complexity index is 1360. The summed E-state index contributed by atoms with van der Waals surface area (Å²) in [6, 6.07) is 8.08. The van der Waals surface area contributed by atoms with Crippen LogP contribution in [0, 0.1) is 5.82 Å². The Morgan fingerprint density at radius 2 is 1.72 bits per heavy atom. The van der Waals surface area contributed by atoms with E-state index >= 15 is 0 Å². The molecule has 1 aliphatic rings. The maximum atomic E-state index is 13.5. The fourth-order valence-electron chi connectivity index (χ4n) is 4.16. The number of alkyl halides is 3. The second kappa shape index (κ2) is 9.26. The first-order valence-corrected chi connectivity index (χ1v) is 11.3. The maximum Gasteiger partial charge on any atom is 0.419 e. The zero-order valence-electron chi connectivity index (χ0n) is 19.4. The van der Waals surface area contributed by atoms with Crippen molar-refractivity contribution in [2.75, 3.05) is 28.6 Å². The fraction of sp³-hybridized carbons (Fsp3) is 0.292. The van der Waals surface area contributed by atoms with Crippen molar-refractivity contribution in [2.24, 2.45) is 0 Å². The van der Waals surface area contributed by atoms with E-state index in [9.17, 15) is 17.6 Å². The van der Waals surface area contributed by atoms with Crippen LogP contribution >= 0.6 is 0 Å². The largest absolute Gasteiger partial charge is 0.419 e. The number of morpholine rings is 1. The molecule has 0 amide bonds. The molecule has 2 atom stereocenters. The van der Waals surface area contributed by atoms with Gasteiger partial charge in [0, 0.05) is 24.8 Å².